The van der Waals surface area contributed by atoms with E-state index >= 15 is 0 Å². The van der Waals surface area contributed by atoms with Crippen LogP contribution in [0, 0.1) is 24.1 Å². The molecule has 0 amide bonds. The first kappa shape index (κ1) is 19.4. The third-order valence-corrected chi connectivity index (χ3v) is 4.32. The van der Waals surface area contributed by atoms with Crippen molar-refractivity contribution in [3.63, 3.8) is 0 Å². The van der Waals surface area contributed by atoms with Crippen LogP contribution in [0.2, 0.25) is 0 Å². The smallest absolute Gasteiger partial charge is 0.159 e. The fraction of sp³-hybridized carbons (Fsp3) is 0.273. The summed E-state index contributed by atoms with van der Waals surface area (Å²) in [5.74, 6) is -0.577. The fourth-order valence-corrected chi connectivity index (χ4v) is 2.92. The van der Waals surface area contributed by atoms with Crippen LogP contribution in [-0.4, -0.2) is 18.9 Å². The molecule has 2 aromatic carbocycles. The maximum Gasteiger partial charge on any atom is 0.159 e. The summed E-state index contributed by atoms with van der Waals surface area (Å²) in [6.07, 6.45) is 0.846. The first-order valence-corrected chi connectivity index (χ1v) is 8.61. The zero-order valence-electron chi connectivity index (χ0n) is 15.5. The van der Waals surface area contributed by atoms with Crippen molar-refractivity contribution in [1.82, 2.24) is 0 Å². The van der Waals surface area contributed by atoms with Gasteiger partial charge in [-0.15, -0.1) is 0 Å². The van der Waals surface area contributed by atoms with Crippen LogP contribution in [0.25, 0.3) is 5.57 Å². The lowest BCUT2D eigenvalue weighted by atomic mass is 9.98. The van der Waals surface area contributed by atoms with Crippen LogP contribution in [0.4, 0.5) is 10.1 Å². The Hall–Kier alpha value is -2.93. The van der Waals surface area contributed by atoms with E-state index in [0.29, 0.717) is 29.9 Å². The van der Waals surface area contributed by atoms with Crippen LogP contribution in [0.3, 0.4) is 0 Å². The summed E-state index contributed by atoms with van der Waals surface area (Å²) in [6, 6.07) is 12.2. The molecule has 4 heteroatoms. The highest BCUT2D eigenvalue weighted by atomic mass is 19.1. The molecule has 0 heterocycles. The van der Waals surface area contributed by atoms with E-state index in [9.17, 15) is 9.18 Å². The third-order valence-electron chi connectivity index (χ3n) is 4.32. The summed E-state index contributed by atoms with van der Waals surface area (Å²) < 4.78 is 14.6. The van der Waals surface area contributed by atoms with Crippen LogP contribution in [0.15, 0.2) is 43.0 Å². The number of carbonyl (C=O) groups excluding carboxylic acids is 1. The zero-order chi connectivity index (χ0) is 19.3. The molecule has 3 nitrogen and oxygen atoms in total. The molecule has 0 N–H and O–H groups in total. The molecule has 0 saturated carbocycles. The molecule has 0 unspecified atom stereocenters. The lowest BCUT2D eigenvalue weighted by molar-refractivity contribution is 0.101. The van der Waals surface area contributed by atoms with Crippen molar-refractivity contribution < 1.29 is 9.18 Å². The molecule has 2 aromatic rings. The Morgan fingerprint density at radius 2 is 2.00 bits per heavy atom. The summed E-state index contributed by atoms with van der Waals surface area (Å²) in [7, 11) is 0. The number of nitrogens with zero attached hydrogens (tertiary/aromatic N) is 2. The molecule has 0 radical (unpaired) electrons. The minimum atomic E-state index is -0.415. The topological polar surface area (TPSA) is 44.1 Å². The number of rotatable bonds is 7. The van der Waals surface area contributed by atoms with E-state index < -0.39 is 5.82 Å². The molecule has 0 aliphatic rings. The standard InChI is InChI=1S/C22H23FN2O/c1-5-10-25(22-9-8-19(17(4)26)12-21(22)23)14-16(3)20-11-18(13-24)7-6-15(20)2/h6-9,11-12H,3,5,10,14H2,1-2,4H3. The lowest BCUT2D eigenvalue weighted by Gasteiger charge is -2.26. The van der Waals surface area contributed by atoms with Crippen LogP contribution in [0.1, 0.15) is 47.3 Å². The zero-order valence-corrected chi connectivity index (χ0v) is 15.5. The van der Waals surface area contributed by atoms with Crippen molar-refractivity contribution in [2.45, 2.75) is 27.2 Å². The number of nitriles is 1. The number of aryl methyl sites for hydroxylation is 1. The number of hydrogen-bond acceptors (Lipinski definition) is 3. The van der Waals surface area contributed by atoms with Crippen molar-refractivity contribution >= 4 is 17.0 Å². The number of anilines is 1. The average molecular weight is 350 g/mol. The fourth-order valence-electron chi connectivity index (χ4n) is 2.92. The largest absolute Gasteiger partial charge is 0.365 e. The van der Waals surface area contributed by atoms with E-state index in [1.54, 1.807) is 18.2 Å². The van der Waals surface area contributed by atoms with Gasteiger partial charge in [0.25, 0.3) is 0 Å². The highest BCUT2D eigenvalue weighted by Crippen LogP contribution is 2.26. The van der Waals surface area contributed by atoms with Crippen molar-refractivity contribution in [1.29, 1.82) is 5.26 Å². The molecule has 134 valence electrons. The molecular weight excluding hydrogens is 327 g/mol. The van der Waals surface area contributed by atoms with Gasteiger partial charge in [-0.25, -0.2) is 4.39 Å². The van der Waals surface area contributed by atoms with Crippen LogP contribution in [0.5, 0.6) is 0 Å². The Balaban J connectivity index is 2.33. The maximum absolute atomic E-state index is 14.6. The van der Waals surface area contributed by atoms with Gasteiger partial charge < -0.3 is 4.90 Å². The van der Waals surface area contributed by atoms with Gasteiger partial charge in [0.15, 0.2) is 5.78 Å². The number of Topliss-reactive ketones (excluding diaryl/α,β-unsaturated/α-hetero) is 1. The van der Waals surface area contributed by atoms with E-state index in [0.717, 1.165) is 23.1 Å². The Morgan fingerprint density at radius 1 is 1.27 bits per heavy atom. The van der Waals surface area contributed by atoms with Gasteiger partial charge in [0.1, 0.15) is 5.82 Å². The summed E-state index contributed by atoms with van der Waals surface area (Å²) in [4.78, 5) is 13.4. The first-order chi connectivity index (χ1) is 12.4. The summed E-state index contributed by atoms with van der Waals surface area (Å²) in [6.45, 7) is 10.7. The molecule has 0 fully saturated rings. The summed E-state index contributed by atoms with van der Waals surface area (Å²) in [5.41, 5.74) is 4.14. The van der Waals surface area contributed by atoms with E-state index in [1.807, 2.05) is 30.9 Å². The Kier molecular flexibility index (Phi) is 6.30. The van der Waals surface area contributed by atoms with Crippen LogP contribution >= 0.6 is 0 Å². The lowest BCUT2D eigenvalue weighted by Crippen LogP contribution is -2.27. The van der Waals surface area contributed by atoms with Crippen molar-refractivity contribution in [2.24, 2.45) is 0 Å². The van der Waals surface area contributed by atoms with E-state index in [4.69, 9.17) is 5.26 Å². The Labute approximate surface area is 154 Å². The summed E-state index contributed by atoms with van der Waals surface area (Å²) >= 11 is 0. The number of benzene rings is 2. The molecule has 0 saturated heterocycles. The predicted molar refractivity (Wildman–Crippen MR) is 104 cm³/mol. The highest BCUT2D eigenvalue weighted by molar-refractivity contribution is 5.94. The average Bonchev–Trinajstić information content (AvgIpc) is 2.61. The number of carbonyl (C=O) groups is 1. The summed E-state index contributed by atoms with van der Waals surface area (Å²) in [5, 5.41) is 9.12. The quantitative estimate of drug-likeness (QED) is 0.650. The van der Waals surface area contributed by atoms with Crippen LogP contribution in [-0.2, 0) is 0 Å². The molecular formula is C22H23FN2O. The monoisotopic (exact) mass is 350 g/mol. The van der Waals surface area contributed by atoms with Gasteiger partial charge in [-0.05, 0) is 67.3 Å². The SMILES string of the molecule is C=C(CN(CCC)c1ccc(C(C)=O)cc1F)c1cc(C#N)ccc1C. The Morgan fingerprint density at radius 3 is 2.58 bits per heavy atom. The second-order valence-corrected chi connectivity index (χ2v) is 6.39. The molecule has 0 aliphatic heterocycles. The van der Waals surface area contributed by atoms with Gasteiger partial charge in [0.05, 0.1) is 17.3 Å². The minimum Gasteiger partial charge on any atom is -0.365 e. The second kappa shape index (κ2) is 8.44. The van der Waals surface area contributed by atoms with Gasteiger partial charge in [0, 0.05) is 18.7 Å². The predicted octanol–water partition coefficient (Wildman–Crippen LogP) is 5.14. The van der Waals surface area contributed by atoms with Gasteiger partial charge in [0.2, 0.25) is 0 Å². The van der Waals surface area contributed by atoms with E-state index in [-0.39, 0.29) is 5.78 Å². The van der Waals surface area contributed by atoms with E-state index in [1.165, 1.54) is 13.0 Å². The Bertz CT molecular complexity index is 880. The normalized spacial score (nSPS) is 10.3. The van der Waals surface area contributed by atoms with Gasteiger partial charge in [-0.3, -0.25) is 4.79 Å². The first-order valence-electron chi connectivity index (χ1n) is 8.61. The molecule has 2 rings (SSSR count). The molecule has 0 bridgehead atoms. The molecule has 26 heavy (non-hydrogen) atoms. The van der Waals surface area contributed by atoms with Crippen molar-refractivity contribution in [3.05, 3.63) is 71.0 Å². The van der Waals surface area contributed by atoms with Gasteiger partial charge in [-0.1, -0.05) is 19.6 Å². The minimum absolute atomic E-state index is 0.161. The maximum atomic E-state index is 14.6. The molecule has 0 aliphatic carbocycles. The molecule has 0 spiro atoms. The van der Waals surface area contributed by atoms with Crippen molar-refractivity contribution in [3.8, 4) is 6.07 Å². The van der Waals surface area contributed by atoms with Gasteiger partial charge >= 0.3 is 0 Å². The van der Waals surface area contributed by atoms with E-state index in [2.05, 4.69) is 12.6 Å². The van der Waals surface area contributed by atoms with Gasteiger partial charge in [-0.2, -0.15) is 5.26 Å². The highest BCUT2D eigenvalue weighted by Gasteiger charge is 2.15. The van der Waals surface area contributed by atoms with Crippen molar-refractivity contribution in [2.75, 3.05) is 18.0 Å². The number of halogens is 1. The number of ketones is 1. The second-order valence-electron chi connectivity index (χ2n) is 6.39. The van der Waals surface area contributed by atoms with Crippen LogP contribution < -0.4 is 4.90 Å². The third kappa shape index (κ3) is 4.37. The molecule has 0 atom stereocenters. The number of hydrogen-bond donors (Lipinski definition) is 0. The molecule has 0 aromatic heterocycles.